The van der Waals surface area contributed by atoms with Crippen molar-refractivity contribution in [3.05, 3.63) is 0 Å². The molecule has 0 aromatic carbocycles. The van der Waals surface area contributed by atoms with E-state index < -0.39 is 0 Å². The Balaban J connectivity index is 2.01. The summed E-state index contributed by atoms with van der Waals surface area (Å²) in [4.78, 5) is 0. The average Bonchev–Trinajstić information content (AvgIpc) is 2.69. The molecule has 3 nitrogen and oxygen atoms in total. The Morgan fingerprint density at radius 3 is 2.24 bits per heavy atom. The fourth-order valence-corrected chi connectivity index (χ4v) is 2.76. The van der Waals surface area contributed by atoms with Gasteiger partial charge in [-0.15, -0.1) is 0 Å². The highest BCUT2D eigenvalue weighted by atomic mass is 16.3. The molecule has 0 radical (unpaired) electrons. The average molecular weight is 243 g/mol. The normalized spacial score (nSPS) is 21.0. The van der Waals surface area contributed by atoms with Gasteiger partial charge in [-0.3, -0.25) is 0 Å². The van der Waals surface area contributed by atoms with Gasteiger partial charge in [0.25, 0.3) is 0 Å². The topological polar surface area (TPSA) is 52.5 Å². The van der Waals surface area contributed by atoms with Gasteiger partial charge in [0.15, 0.2) is 0 Å². The second kappa shape index (κ2) is 8.06. The molecule has 2 unspecified atom stereocenters. The van der Waals surface area contributed by atoms with Crippen LogP contribution in [0.5, 0.6) is 0 Å². The van der Waals surface area contributed by atoms with Crippen molar-refractivity contribution in [3.8, 4) is 0 Å². The maximum absolute atomic E-state index is 9.86. The third-order valence-electron chi connectivity index (χ3n) is 3.58. The van der Waals surface area contributed by atoms with Crippen molar-refractivity contribution in [3.63, 3.8) is 0 Å². The molecule has 0 aromatic heterocycles. The predicted octanol–water partition coefficient (Wildman–Crippen LogP) is 1.92. The van der Waals surface area contributed by atoms with Crippen molar-refractivity contribution in [2.24, 2.45) is 11.8 Å². The third kappa shape index (κ3) is 7.02. The molecule has 0 aliphatic heterocycles. The Hall–Kier alpha value is -0.120. The van der Waals surface area contributed by atoms with E-state index in [4.69, 9.17) is 0 Å². The fourth-order valence-electron chi connectivity index (χ4n) is 2.76. The Morgan fingerprint density at radius 2 is 1.65 bits per heavy atom. The van der Waals surface area contributed by atoms with Gasteiger partial charge in [0.05, 0.1) is 12.2 Å². The molecule has 0 heterocycles. The van der Waals surface area contributed by atoms with Crippen molar-refractivity contribution >= 4 is 0 Å². The van der Waals surface area contributed by atoms with Gasteiger partial charge in [-0.25, -0.2) is 0 Å². The van der Waals surface area contributed by atoms with Gasteiger partial charge >= 0.3 is 0 Å². The molecule has 1 aliphatic rings. The SMILES string of the molecule is CC(C)CC(O)CNCC(O)CC1CCCC1. The lowest BCUT2D eigenvalue weighted by molar-refractivity contribution is 0.119. The van der Waals surface area contributed by atoms with Gasteiger partial charge in [0.1, 0.15) is 0 Å². The molecule has 1 rings (SSSR count). The number of aliphatic hydroxyl groups excluding tert-OH is 2. The van der Waals surface area contributed by atoms with Crippen LogP contribution in [0.1, 0.15) is 52.4 Å². The van der Waals surface area contributed by atoms with Crippen molar-refractivity contribution in [2.45, 2.75) is 64.6 Å². The summed E-state index contributed by atoms with van der Waals surface area (Å²) in [5.41, 5.74) is 0. The molecular formula is C14H29NO2. The number of hydrogen-bond donors (Lipinski definition) is 3. The van der Waals surface area contributed by atoms with Crippen LogP contribution >= 0.6 is 0 Å². The highest BCUT2D eigenvalue weighted by Crippen LogP contribution is 2.28. The molecule has 0 spiro atoms. The lowest BCUT2D eigenvalue weighted by Gasteiger charge is -2.18. The molecular weight excluding hydrogens is 214 g/mol. The molecule has 102 valence electrons. The van der Waals surface area contributed by atoms with Gasteiger partial charge in [-0.05, 0) is 24.7 Å². The number of aliphatic hydroxyl groups is 2. The highest BCUT2D eigenvalue weighted by Gasteiger charge is 2.18. The lowest BCUT2D eigenvalue weighted by atomic mass is 10.00. The first-order valence-corrected chi connectivity index (χ1v) is 7.14. The van der Waals surface area contributed by atoms with E-state index in [0.717, 1.165) is 18.8 Å². The number of nitrogens with one attached hydrogen (secondary N) is 1. The minimum Gasteiger partial charge on any atom is -0.392 e. The van der Waals surface area contributed by atoms with Crippen molar-refractivity contribution in [1.82, 2.24) is 5.32 Å². The van der Waals surface area contributed by atoms with Gasteiger partial charge in [0, 0.05) is 13.1 Å². The zero-order valence-corrected chi connectivity index (χ0v) is 11.4. The Labute approximate surface area is 106 Å². The summed E-state index contributed by atoms with van der Waals surface area (Å²) >= 11 is 0. The minimum atomic E-state index is -0.284. The maximum Gasteiger partial charge on any atom is 0.0667 e. The summed E-state index contributed by atoms with van der Waals surface area (Å²) in [6.07, 6.45) is 6.45. The molecule has 1 aliphatic carbocycles. The van der Waals surface area contributed by atoms with E-state index in [0.29, 0.717) is 19.0 Å². The summed E-state index contributed by atoms with van der Waals surface area (Å²) < 4.78 is 0. The molecule has 2 atom stereocenters. The van der Waals surface area contributed by atoms with Crippen LogP contribution in [0, 0.1) is 11.8 Å². The molecule has 1 fully saturated rings. The zero-order valence-electron chi connectivity index (χ0n) is 11.4. The summed E-state index contributed by atoms with van der Waals surface area (Å²) in [5, 5.41) is 22.7. The fraction of sp³-hybridized carbons (Fsp3) is 1.00. The van der Waals surface area contributed by atoms with E-state index >= 15 is 0 Å². The van der Waals surface area contributed by atoms with Crippen molar-refractivity contribution < 1.29 is 10.2 Å². The molecule has 0 amide bonds. The van der Waals surface area contributed by atoms with Crippen LogP contribution in [0.2, 0.25) is 0 Å². The van der Waals surface area contributed by atoms with Gasteiger partial charge in [0.2, 0.25) is 0 Å². The van der Waals surface area contributed by atoms with Crippen LogP contribution in [0.25, 0.3) is 0 Å². The molecule has 1 saturated carbocycles. The first-order valence-electron chi connectivity index (χ1n) is 7.14. The number of hydrogen-bond acceptors (Lipinski definition) is 3. The first kappa shape index (κ1) is 14.9. The Bertz CT molecular complexity index is 191. The zero-order chi connectivity index (χ0) is 12.7. The molecule has 0 saturated heterocycles. The smallest absolute Gasteiger partial charge is 0.0667 e. The summed E-state index contributed by atoms with van der Waals surface area (Å²) in [6, 6.07) is 0. The van der Waals surface area contributed by atoms with E-state index in [1.807, 2.05) is 0 Å². The Kier molecular flexibility index (Phi) is 7.09. The molecule has 0 bridgehead atoms. The predicted molar refractivity (Wildman–Crippen MR) is 70.9 cm³/mol. The monoisotopic (exact) mass is 243 g/mol. The van der Waals surface area contributed by atoms with Crippen LogP contribution in [-0.2, 0) is 0 Å². The minimum absolute atomic E-state index is 0.246. The largest absolute Gasteiger partial charge is 0.392 e. The molecule has 17 heavy (non-hydrogen) atoms. The van der Waals surface area contributed by atoms with Gasteiger partial charge < -0.3 is 15.5 Å². The van der Waals surface area contributed by atoms with E-state index in [1.165, 1.54) is 25.7 Å². The van der Waals surface area contributed by atoms with Crippen LogP contribution in [0.4, 0.5) is 0 Å². The van der Waals surface area contributed by atoms with Crippen LogP contribution < -0.4 is 5.32 Å². The van der Waals surface area contributed by atoms with Gasteiger partial charge in [-0.2, -0.15) is 0 Å². The second-order valence-corrected chi connectivity index (χ2v) is 5.98. The van der Waals surface area contributed by atoms with E-state index in [1.54, 1.807) is 0 Å². The summed E-state index contributed by atoms with van der Waals surface area (Å²) in [6.45, 7) is 5.43. The van der Waals surface area contributed by atoms with Crippen molar-refractivity contribution in [2.75, 3.05) is 13.1 Å². The van der Waals surface area contributed by atoms with E-state index in [9.17, 15) is 10.2 Å². The third-order valence-corrected chi connectivity index (χ3v) is 3.58. The maximum atomic E-state index is 9.86. The van der Waals surface area contributed by atoms with Crippen molar-refractivity contribution in [1.29, 1.82) is 0 Å². The molecule has 3 heteroatoms. The van der Waals surface area contributed by atoms with Gasteiger partial charge in [-0.1, -0.05) is 39.5 Å². The molecule has 0 aromatic rings. The van der Waals surface area contributed by atoms with Crippen LogP contribution in [0.3, 0.4) is 0 Å². The summed E-state index contributed by atoms with van der Waals surface area (Å²) in [7, 11) is 0. The first-order chi connectivity index (χ1) is 8.08. The number of rotatable bonds is 8. The van der Waals surface area contributed by atoms with Crippen LogP contribution in [0.15, 0.2) is 0 Å². The molecule has 3 N–H and O–H groups in total. The van der Waals surface area contributed by atoms with E-state index in [-0.39, 0.29) is 12.2 Å². The van der Waals surface area contributed by atoms with E-state index in [2.05, 4.69) is 19.2 Å². The van der Waals surface area contributed by atoms with Crippen LogP contribution in [-0.4, -0.2) is 35.5 Å². The second-order valence-electron chi connectivity index (χ2n) is 5.98. The standard InChI is InChI=1S/C14H29NO2/c1-11(2)7-13(16)9-15-10-14(17)8-12-5-3-4-6-12/h11-17H,3-10H2,1-2H3. The summed E-state index contributed by atoms with van der Waals surface area (Å²) in [5.74, 6) is 1.25. The highest BCUT2D eigenvalue weighted by molar-refractivity contribution is 4.73. The Morgan fingerprint density at radius 1 is 1.06 bits per heavy atom. The quantitative estimate of drug-likeness (QED) is 0.610. The lowest BCUT2D eigenvalue weighted by Crippen LogP contribution is -2.34.